The fourth-order valence-corrected chi connectivity index (χ4v) is 3.54. The van der Waals surface area contributed by atoms with Crippen LogP contribution in [0.2, 0.25) is 0 Å². The van der Waals surface area contributed by atoms with Crippen LogP contribution in [0.3, 0.4) is 0 Å². The Kier molecular flexibility index (Phi) is 5.11. The first-order valence-electron chi connectivity index (χ1n) is 8.52. The number of nitrogens with one attached hydrogen (secondary N) is 2. The molecule has 28 heavy (non-hydrogen) atoms. The summed E-state index contributed by atoms with van der Waals surface area (Å²) in [6.45, 7) is 3.25. The van der Waals surface area contributed by atoms with Crippen LogP contribution in [0.4, 0.5) is 4.39 Å². The molecule has 3 aromatic rings. The lowest BCUT2D eigenvalue weighted by molar-refractivity contribution is 0.495. The zero-order valence-corrected chi connectivity index (χ0v) is 16.4. The summed E-state index contributed by atoms with van der Waals surface area (Å²) >= 11 is 0. The van der Waals surface area contributed by atoms with Gasteiger partial charge in [0, 0.05) is 24.2 Å². The molecule has 0 aliphatic heterocycles. The third-order valence-corrected chi connectivity index (χ3v) is 4.69. The summed E-state index contributed by atoms with van der Waals surface area (Å²) in [6, 6.07) is 4.84. The van der Waals surface area contributed by atoms with Crippen LogP contribution in [0.25, 0.3) is 22.2 Å². The Morgan fingerprint density at radius 3 is 2.61 bits per heavy atom. The second kappa shape index (κ2) is 7.23. The number of alkyl halides is 1. The number of halogens is 1. The molecule has 0 fully saturated rings. The van der Waals surface area contributed by atoms with Gasteiger partial charge in [-0.25, -0.2) is 18.0 Å². The standard InChI is InChI=1S/C17H20FN5O4S/c1-10(2)22-15(5-7-19-22)12-9-13-14(8-11(12)4-6-18)20-17(25)23(16(13)24)21-28(3,26)27/h5,7-10,21H,4,6H2,1-3H3,(H,20,25). The maximum atomic E-state index is 13.1. The molecule has 0 bridgehead atoms. The average Bonchev–Trinajstić information content (AvgIpc) is 3.07. The van der Waals surface area contributed by atoms with Crippen molar-refractivity contribution in [3.05, 3.63) is 50.8 Å². The minimum atomic E-state index is -3.85. The molecule has 2 aromatic heterocycles. The SMILES string of the molecule is CC(C)n1nccc1-c1cc2c(=O)n(NS(C)(=O)=O)c(=O)[nH]c2cc1CCF. The molecule has 0 aliphatic carbocycles. The first kappa shape index (κ1) is 19.8. The van der Waals surface area contributed by atoms with Gasteiger partial charge in [-0.2, -0.15) is 9.77 Å². The van der Waals surface area contributed by atoms with Crippen LogP contribution >= 0.6 is 0 Å². The molecule has 2 N–H and O–H groups in total. The second-order valence-corrected chi connectivity index (χ2v) is 8.41. The minimum absolute atomic E-state index is 0.0260. The highest BCUT2D eigenvalue weighted by Crippen LogP contribution is 2.29. The summed E-state index contributed by atoms with van der Waals surface area (Å²) in [4.78, 5) is 29.3. The van der Waals surface area contributed by atoms with Crippen molar-refractivity contribution in [2.24, 2.45) is 0 Å². The van der Waals surface area contributed by atoms with E-state index >= 15 is 0 Å². The van der Waals surface area contributed by atoms with Gasteiger partial charge in [-0.1, -0.05) is 0 Å². The molecular formula is C17H20FN5O4S. The molecule has 9 nitrogen and oxygen atoms in total. The van der Waals surface area contributed by atoms with Gasteiger partial charge in [-0.3, -0.25) is 13.9 Å². The molecule has 0 amide bonds. The summed E-state index contributed by atoms with van der Waals surface area (Å²) in [5.41, 5.74) is 0.313. The molecule has 0 saturated carbocycles. The van der Waals surface area contributed by atoms with E-state index in [1.807, 2.05) is 18.7 Å². The molecule has 11 heteroatoms. The summed E-state index contributed by atoms with van der Waals surface area (Å²) in [7, 11) is -3.85. The largest absolute Gasteiger partial charge is 0.348 e. The number of fused-ring (bicyclic) bond motifs is 1. The van der Waals surface area contributed by atoms with Crippen LogP contribution in [0.1, 0.15) is 25.5 Å². The molecule has 0 atom stereocenters. The fraction of sp³-hybridized carbons (Fsp3) is 0.353. The average molecular weight is 409 g/mol. The fourth-order valence-electron chi connectivity index (χ4n) is 3.04. The monoisotopic (exact) mass is 409 g/mol. The molecule has 0 saturated heterocycles. The van der Waals surface area contributed by atoms with Gasteiger partial charge in [0.1, 0.15) is 0 Å². The zero-order chi connectivity index (χ0) is 20.6. The number of rotatable bonds is 6. The summed E-state index contributed by atoms with van der Waals surface area (Å²) < 4.78 is 38.2. The lowest BCUT2D eigenvalue weighted by atomic mass is 9.99. The number of benzene rings is 1. The molecule has 3 rings (SSSR count). The quantitative estimate of drug-likeness (QED) is 0.633. The summed E-state index contributed by atoms with van der Waals surface area (Å²) in [5.74, 6) is 0. The highest BCUT2D eigenvalue weighted by atomic mass is 32.2. The van der Waals surface area contributed by atoms with Crippen molar-refractivity contribution in [1.82, 2.24) is 19.4 Å². The van der Waals surface area contributed by atoms with Gasteiger partial charge in [-0.15, -0.1) is 0 Å². The van der Waals surface area contributed by atoms with Crippen molar-refractivity contribution in [2.75, 3.05) is 17.8 Å². The van der Waals surface area contributed by atoms with Crippen molar-refractivity contribution in [3.63, 3.8) is 0 Å². The molecule has 0 unspecified atom stereocenters. The smallest absolute Gasteiger partial charge is 0.305 e. The lowest BCUT2D eigenvalue weighted by Gasteiger charge is -2.15. The van der Waals surface area contributed by atoms with Crippen LogP contribution in [0.15, 0.2) is 34.0 Å². The van der Waals surface area contributed by atoms with Gasteiger partial charge in [0.15, 0.2) is 0 Å². The van der Waals surface area contributed by atoms with E-state index in [0.29, 0.717) is 21.5 Å². The van der Waals surface area contributed by atoms with Crippen molar-refractivity contribution in [1.29, 1.82) is 0 Å². The van der Waals surface area contributed by atoms with E-state index < -0.39 is 27.9 Å². The normalized spacial score (nSPS) is 12.0. The molecule has 0 spiro atoms. The van der Waals surface area contributed by atoms with Crippen molar-refractivity contribution >= 4 is 20.9 Å². The van der Waals surface area contributed by atoms with E-state index in [9.17, 15) is 22.4 Å². The Balaban J connectivity index is 2.35. The Morgan fingerprint density at radius 1 is 1.29 bits per heavy atom. The highest BCUT2D eigenvalue weighted by Gasteiger charge is 2.17. The zero-order valence-electron chi connectivity index (χ0n) is 15.6. The predicted octanol–water partition coefficient (Wildman–Crippen LogP) is 1.15. The van der Waals surface area contributed by atoms with Gasteiger partial charge in [0.05, 0.1) is 29.5 Å². The molecule has 0 aliphatic rings. The Bertz CT molecular complexity index is 1260. The molecule has 150 valence electrons. The summed E-state index contributed by atoms with van der Waals surface area (Å²) in [5, 5.41) is 4.35. The molecular weight excluding hydrogens is 389 g/mol. The third kappa shape index (κ3) is 3.70. The maximum Gasteiger partial charge on any atom is 0.348 e. The number of aromatic nitrogens is 4. The second-order valence-electron chi connectivity index (χ2n) is 6.68. The Morgan fingerprint density at radius 2 is 2.00 bits per heavy atom. The highest BCUT2D eigenvalue weighted by molar-refractivity contribution is 7.91. The van der Waals surface area contributed by atoms with Gasteiger partial charge < -0.3 is 4.98 Å². The van der Waals surface area contributed by atoms with Crippen LogP contribution in [0.5, 0.6) is 0 Å². The van der Waals surface area contributed by atoms with E-state index in [0.717, 1.165) is 6.26 Å². The van der Waals surface area contributed by atoms with Crippen molar-refractivity contribution < 1.29 is 12.8 Å². The molecule has 0 radical (unpaired) electrons. The maximum absolute atomic E-state index is 13.1. The number of nitrogens with zero attached hydrogens (tertiary/aromatic N) is 3. The number of H-pyrrole nitrogens is 1. The van der Waals surface area contributed by atoms with E-state index in [2.05, 4.69) is 10.1 Å². The van der Waals surface area contributed by atoms with E-state index in [4.69, 9.17) is 0 Å². The summed E-state index contributed by atoms with van der Waals surface area (Å²) in [6.07, 6.45) is 2.52. The molecule has 2 heterocycles. The number of hydrogen-bond donors (Lipinski definition) is 2. The lowest BCUT2D eigenvalue weighted by Crippen LogP contribution is -2.43. The Hall–Kier alpha value is -2.95. The number of sulfonamides is 1. The molecule has 1 aromatic carbocycles. The van der Waals surface area contributed by atoms with Crippen LogP contribution in [0, 0.1) is 0 Å². The Labute approximate surface area is 159 Å². The van der Waals surface area contributed by atoms with E-state index in [-0.39, 0.29) is 23.4 Å². The van der Waals surface area contributed by atoms with E-state index in [1.165, 1.54) is 12.1 Å². The van der Waals surface area contributed by atoms with E-state index in [1.54, 1.807) is 16.9 Å². The first-order valence-corrected chi connectivity index (χ1v) is 10.4. The number of aromatic amines is 1. The van der Waals surface area contributed by atoms with Crippen LogP contribution in [-0.2, 0) is 16.4 Å². The number of aryl methyl sites for hydroxylation is 1. The van der Waals surface area contributed by atoms with Gasteiger partial charge >= 0.3 is 5.69 Å². The predicted molar refractivity (Wildman–Crippen MR) is 104 cm³/mol. The number of hydrogen-bond acceptors (Lipinski definition) is 5. The topological polar surface area (TPSA) is 119 Å². The first-order chi connectivity index (χ1) is 13.1. The van der Waals surface area contributed by atoms with Crippen LogP contribution < -0.4 is 16.1 Å². The van der Waals surface area contributed by atoms with Gasteiger partial charge in [0.25, 0.3) is 5.56 Å². The van der Waals surface area contributed by atoms with Gasteiger partial charge in [-0.05, 0) is 37.6 Å². The van der Waals surface area contributed by atoms with Crippen molar-refractivity contribution in [3.8, 4) is 11.3 Å². The van der Waals surface area contributed by atoms with Crippen molar-refractivity contribution in [2.45, 2.75) is 26.3 Å². The van der Waals surface area contributed by atoms with Crippen LogP contribution in [-0.4, -0.2) is 40.8 Å². The van der Waals surface area contributed by atoms with Gasteiger partial charge in [0.2, 0.25) is 10.0 Å². The minimum Gasteiger partial charge on any atom is -0.305 e. The third-order valence-electron chi connectivity index (χ3n) is 4.18.